The number of halogens is 1. The normalized spacial score (nSPS) is 15.7. The van der Waals surface area contributed by atoms with Gasteiger partial charge in [-0.25, -0.2) is 8.42 Å². The van der Waals surface area contributed by atoms with Gasteiger partial charge in [0.25, 0.3) is 5.56 Å². The molecule has 2 aromatic rings. The molecule has 1 aliphatic heterocycles. The van der Waals surface area contributed by atoms with Crippen molar-refractivity contribution >= 4 is 31.9 Å². The van der Waals surface area contributed by atoms with Gasteiger partial charge >= 0.3 is 0 Å². The van der Waals surface area contributed by atoms with E-state index < -0.39 is 10.0 Å². The fraction of sp³-hybridized carbons (Fsp3) is 0.333. The van der Waals surface area contributed by atoms with Crippen molar-refractivity contribution in [1.82, 2.24) is 13.8 Å². The zero-order valence-electron chi connectivity index (χ0n) is 14.6. The molecule has 0 saturated carbocycles. The molecule has 2 heterocycles. The summed E-state index contributed by atoms with van der Waals surface area (Å²) in [5.74, 6) is -0.245. The highest BCUT2D eigenvalue weighted by Gasteiger charge is 2.29. The van der Waals surface area contributed by atoms with Crippen LogP contribution in [0.25, 0.3) is 0 Å². The molecule has 0 N–H and O–H groups in total. The van der Waals surface area contributed by atoms with Crippen molar-refractivity contribution in [3.8, 4) is 0 Å². The van der Waals surface area contributed by atoms with Crippen LogP contribution in [0.5, 0.6) is 0 Å². The van der Waals surface area contributed by atoms with Crippen LogP contribution in [-0.4, -0.2) is 54.3 Å². The van der Waals surface area contributed by atoms with Crippen molar-refractivity contribution in [2.75, 3.05) is 26.2 Å². The molecule has 9 heteroatoms. The van der Waals surface area contributed by atoms with Crippen molar-refractivity contribution in [1.29, 1.82) is 0 Å². The molecule has 0 unspecified atom stereocenters. The molecule has 1 aromatic carbocycles. The number of aromatic nitrogens is 1. The lowest BCUT2D eigenvalue weighted by Crippen LogP contribution is -2.51. The summed E-state index contributed by atoms with van der Waals surface area (Å²) in [5.41, 5.74) is 0.487. The van der Waals surface area contributed by atoms with Gasteiger partial charge in [-0.1, -0.05) is 30.3 Å². The largest absolute Gasteiger partial charge is 0.339 e. The third-order valence-corrected chi connectivity index (χ3v) is 6.75. The standard InChI is InChI=1S/C18H20BrN3O4S/c19-16-6-7-17(23)21(12-16)13-18(24)20-8-10-22(11-9-20)27(25,26)14-15-4-2-1-3-5-15/h1-7,12H,8-11,13-14H2. The summed E-state index contributed by atoms with van der Waals surface area (Å²) >= 11 is 3.28. The van der Waals surface area contributed by atoms with Crippen molar-refractivity contribution in [2.45, 2.75) is 12.3 Å². The van der Waals surface area contributed by atoms with Crippen LogP contribution in [0, 0.1) is 0 Å². The average molecular weight is 454 g/mol. The molecule has 144 valence electrons. The van der Waals surface area contributed by atoms with Gasteiger partial charge in [-0.15, -0.1) is 0 Å². The van der Waals surface area contributed by atoms with Gasteiger partial charge in [0, 0.05) is 42.9 Å². The van der Waals surface area contributed by atoms with Crippen molar-refractivity contribution < 1.29 is 13.2 Å². The van der Waals surface area contributed by atoms with Gasteiger partial charge in [0.2, 0.25) is 15.9 Å². The molecular weight excluding hydrogens is 434 g/mol. The minimum absolute atomic E-state index is 0.0464. The van der Waals surface area contributed by atoms with E-state index in [1.54, 1.807) is 29.3 Å². The minimum Gasteiger partial charge on any atom is -0.339 e. The van der Waals surface area contributed by atoms with Gasteiger partial charge in [0.15, 0.2) is 0 Å². The average Bonchev–Trinajstić information content (AvgIpc) is 2.65. The van der Waals surface area contributed by atoms with Gasteiger partial charge in [-0.2, -0.15) is 4.31 Å². The second-order valence-electron chi connectivity index (χ2n) is 6.34. The Labute approximate surface area is 166 Å². The lowest BCUT2D eigenvalue weighted by Gasteiger charge is -2.34. The summed E-state index contributed by atoms with van der Waals surface area (Å²) in [6, 6.07) is 12.1. The van der Waals surface area contributed by atoms with E-state index in [0.717, 1.165) is 5.56 Å². The van der Waals surface area contributed by atoms with Gasteiger partial charge < -0.3 is 9.47 Å². The Morgan fingerprint density at radius 2 is 1.67 bits per heavy atom. The topological polar surface area (TPSA) is 79.7 Å². The van der Waals surface area contributed by atoms with Crippen LogP contribution < -0.4 is 5.56 Å². The number of rotatable bonds is 5. The van der Waals surface area contributed by atoms with Crippen LogP contribution in [0.15, 0.2) is 57.9 Å². The highest BCUT2D eigenvalue weighted by Crippen LogP contribution is 2.14. The summed E-state index contributed by atoms with van der Waals surface area (Å²) in [4.78, 5) is 25.9. The number of pyridine rings is 1. The number of sulfonamides is 1. The summed E-state index contributed by atoms with van der Waals surface area (Å²) < 4.78 is 28.6. The fourth-order valence-electron chi connectivity index (χ4n) is 2.96. The predicted molar refractivity (Wildman–Crippen MR) is 106 cm³/mol. The van der Waals surface area contributed by atoms with Crippen LogP contribution in [0.3, 0.4) is 0 Å². The number of piperazine rings is 1. The third-order valence-electron chi connectivity index (χ3n) is 4.43. The van der Waals surface area contributed by atoms with E-state index in [2.05, 4.69) is 15.9 Å². The van der Waals surface area contributed by atoms with Crippen LogP contribution in [0.2, 0.25) is 0 Å². The van der Waals surface area contributed by atoms with E-state index in [9.17, 15) is 18.0 Å². The molecule has 7 nitrogen and oxygen atoms in total. The maximum atomic E-state index is 12.6. The van der Waals surface area contributed by atoms with Crippen LogP contribution in [0.4, 0.5) is 0 Å². The highest BCUT2D eigenvalue weighted by atomic mass is 79.9. The molecule has 0 spiro atoms. The summed E-state index contributed by atoms with van der Waals surface area (Å²) in [6.07, 6.45) is 1.57. The van der Waals surface area contributed by atoms with E-state index in [1.807, 2.05) is 18.2 Å². The Kier molecular flexibility index (Phi) is 6.13. The molecule has 0 aliphatic carbocycles. The molecule has 1 fully saturated rings. The fourth-order valence-corrected chi connectivity index (χ4v) is 4.86. The molecule has 1 amide bonds. The quantitative estimate of drug-likeness (QED) is 0.682. The SMILES string of the molecule is O=C(Cn1cc(Br)ccc1=O)N1CCN(S(=O)(=O)Cc2ccccc2)CC1. The van der Waals surface area contributed by atoms with Gasteiger partial charge in [0.1, 0.15) is 6.54 Å². The molecule has 3 rings (SSSR count). The van der Waals surface area contributed by atoms with Crippen molar-refractivity contribution in [2.24, 2.45) is 0 Å². The first kappa shape index (κ1) is 19.8. The van der Waals surface area contributed by atoms with Crippen molar-refractivity contribution in [3.05, 3.63) is 69.1 Å². The Bertz CT molecular complexity index is 968. The zero-order valence-corrected chi connectivity index (χ0v) is 17.0. The number of hydrogen-bond donors (Lipinski definition) is 0. The van der Waals surface area contributed by atoms with Crippen LogP contribution >= 0.6 is 15.9 Å². The summed E-state index contributed by atoms with van der Waals surface area (Å²) in [7, 11) is -3.42. The second-order valence-corrected chi connectivity index (χ2v) is 9.22. The van der Waals surface area contributed by atoms with E-state index in [-0.39, 0.29) is 36.9 Å². The van der Waals surface area contributed by atoms with E-state index in [4.69, 9.17) is 0 Å². The second kappa shape index (κ2) is 8.37. The highest BCUT2D eigenvalue weighted by molar-refractivity contribution is 9.10. The first-order chi connectivity index (χ1) is 12.8. The lowest BCUT2D eigenvalue weighted by atomic mass is 10.2. The lowest BCUT2D eigenvalue weighted by molar-refractivity contribution is -0.133. The van der Waals surface area contributed by atoms with Crippen molar-refractivity contribution in [3.63, 3.8) is 0 Å². The molecule has 0 radical (unpaired) electrons. The maximum Gasteiger partial charge on any atom is 0.251 e. The number of hydrogen-bond acceptors (Lipinski definition) is 4. The van der Waals surface area contributed by atoms with E-state index >= 15 is 0 Å². The molecule has 1 aliphatic rings. The van der Waals surface area contributed by atoms with Crippen LogP contribution in [-0.2, 0) is 27.1 Å². The number of carbonyl (C=O) groups excluding carboxylic acids is 1. The maximum absolute atomic E-state index is 12.6. The molecular formula is C18H20BrN3O4S. The van der Waals surface area contributed by atoms with Crippen LogP contribution in [0.1, 0.15) is 5.56 Å². The third kappa shape index (κ3) is 5.06. The first-order valence-electron chi connectivity index (χ1n) is 8.51. The summed E-state index contributed by atoms with van der Waals surface area (Å²) in [6.45, 7) is 1.09. The van der Waals surface area contributed by atoms with E-state index in [1.165, 1.54) is 14.9 Å². The Morgan fingerprint density at radius 1 is 1.00 bits per heavy atom. The van der Waals surface area contributed by atoms with Gasteiger partial charge in [-0.05, 0) is 27.6 Å². The predicted octanol–water partition coefficient (Wildman–Crippen LogP) is 1.29. The first-order valence-corrected chi connectivity index (χ1v) is 10.9. The minimum atomic E-state index is -3.42. The molecule has 1 aromatic heterocycles. The number of benzene rings is 1. The Morgan fingerprint density at radius 3 is 2.33 bits per heavy atom. The number of nitrogens with zero attached hydrogens (tertiary/aromatic N) is 3. The zero-order chi connectivity index (χ0) is 19.4. The monoisotopic (exact) mass is 453 g/mol. The Balaban J connectivity index is 1.59. The molecule has 1 saturated heterocycles. The van der Waals surface area contributed by atoms with Gasteiger partial charge in [0.05, 0.1) is 5.75 Å². The number of carbonyl (C=O) groups is 1. The molecule has 27 heavy (non-hydrogen) atoms. The Hall–Kier alpha value is -1.97. The molecule has 0 atom stereocenters. The van der Waals surface area contributed by atoms with E-state index in [0.29, 0.717) is 17.6 Å². The van der Waals surface area contributed by atoms with Gasteiger partial charge in [-0.3, -0.25) is 9.59 Å². The smallest absolute Gasteiger partial charge is 0.251 e. The number of amides is 1. The molecule has 0 bridgehead atoms. The summed E-state index contributed by atoms with van der Waals surface area (Å²) in [5, 5.41) is 0.